The average molecular weight is 185 g/mol. The first-order valence-electron chi connectivity index (χ1n) is 3.78. The summed E-state index contributed by atoms with van der Waals surface area (Å²) >= 11 is 5.70. The molecule has 1 aromatic heterocycles. The fourth-order valence-corrected chi connectivity index (χ4v) is 1.44. The van der Waals surface area contributed by atoms with Gasteiger partial charge in [-0.3, -0.25) is 0 Å². The van der Waals surface area contributed by atoms with E-state index in [2.05, 4.69) is 10.3 Å². The second kappa shape index (κ2) is 2.92. The van der Waals surface area contributed by atoms with Crippen LogP contribution in [-0.2, 0) is 0 Å². The number of halogens is 1. The molecule has 2 rings (SSSR count). The van der Waals surface area contributed by atoms with Crippen molar-refractivity contribution in [2.24, 2.45) is 0 Å². The van der Waals surface area contributed by atoms with Crippen molar-refractivity contribution in [3.8, 4) is 5.88 Å². The van der Waals surface area contributed by atoms with Crippen LogP contribution in [0.1, 0.15) is 11.6 Å². The Hall–Kier alpha value is -0.800. The van der Waals surface area contributed by atoms with Gasteiger partial charge in [-0.1, -0.05) is 11.6 Å². The Kier molecular flexibility index (Phi) is 1.90. The second-order valence-electron chi connectivity index (χ2n) is 2.68. The SMILES string of the molecule is CNC1COc2nc(Cl)ccc21. The molecule has 1 atom stereocenters. The van der Waals surface area contributed by atoms with Crippen molar-refractivity contribution in [3.05, 3.63) is 22.8 Å². The molecular formula is C8H9ClN2O. The summed E-state index contributed by atoms with van der Waals surface area (Å²) < 4.78 is 5.32. The Morgan fingerprint density at radius 1 is 1.67 bits per heavy atom. The highest BCUT2D eigenvalue weighted by atomic mass is 35.5. The minimum atomic E-state index is 0.254. The second-order valence-corrected chi connectivity index (χ2v) is 3.07. The quantitative estimate of drug-likeness (QED) is 0.670. The smallest absolute Gasteiger partial charge is 0.219 e. The summed E-state index contributed by atoms with van der Waals surface area (Å²) in [5.41, 5.74) is 1.09. The van der Waals surface area contributed by atoms with E-state index in [1.54, 1.807) is 6.07 Å². The highest BCUT2D eigenvalue weighted by molar-refractivity contribution is 6.29. The van der Waals surface area contributed by atoms with Gasteiger partial charge in [0.25, 0.3) is 0 Å². The van der Waals surface area contributed by atoms with Crippen LogP contribution in [0, 0.1) is 0 Å². The van der Waals surface area contributed by atoms with Crippen molar-refractivity contribution >= 4 is 11.6 Å². The van der Waals surface area contributed by atoms with Crippen LogP contribution in [-0.4, -0.2) is 18.6 Å². The highest BCUT2D eigenvalue weighted by Crippen LogP contribution is 2.30. The number of hydrogen-bond donors (Lipinski definition) is 1. The van der Waals surface area contributed by atoms with E-state index < -0.39 is 0 Å². The maximum absolute atomic E-state index is 5.70. The summed E-state index contributed by atoms with van der Waals surface area (Å²) in [6.07, 6.45) is 0. The van der Waals surface area contributed by atoms with Crippen LogP contribution >= 0.6 is 11.6 Å². The fourth-order valence-electron chi connectivity index (χ4n) is 1.30. The van der Waals surface area contributed by atoms with E-state index in [0.29, 0.717) is 17.6 Å². The molecule has 0 bridgehead atoms. The third-order valence-electron chi connectivity index (χ3n) is 1.97. The van der Waals surface area contributed by atoms with Crippen LogP contribution < -0.4 is 10.1 Å². The van der Waals surface area contributed by atoms with Crippen molar-refractivity contribution in [2.75, 3.05) is 13.7 Å². The Morgan fingerprint density at radius 2 is 2.50 bits per heavy atom. The number of aromatic nitrogens is 1. The fraction of sp³-hybridized carbons (Fsp3) is 0.375. The molecule has 2 heterocycles. The lowest BCUT2D eigenvalue weighted by Gasteiger charge is -2.04. The number of hydrogen-bond acceptors (Lipinski definition) is 3. The first kappa shape index (κ1) is 7.83. The summed E-state index contributed by atoms with van der Waals surface area (Å²) in [7, 11) is 1.90. The number of fused-ring (bicyclic) bond motifs is 1. The molecule has 1 aliphatic rings. The van der Waals surface area contributed by atoms with E-state index >= 15 is 0 Å². The standard InChI is InChI=1S/C8H9ClN2O/c1-10-6-4-12-8-5(6)2-3-7(9)11-8/h2-3,6,10H,4H2,1H3. The molecule has 0 amide bonds. The number of pyridine rings is 1. The van der Waals surface area contributed by atoms with E-state index in [1.807, 2.05) is 13.1 Å². The van der Waals surface area contributed by atoms with E-state index in [1.165, 1.54) is 0 Å². The normalized spacial score (nSPS) is 20.3. The first-order chi connectivity index (χ1) is 5.81. The van der Waals surface area contributed by atoms with E-state index in [0.717, 1.165) is 5.56 Å². The topological polar surface area (TPSA) is 34.1 Å². The summed E-state index contributed by atoms with van der Waals surface area (Å²) in [4.78, 5) is 4.06. The summed E-state index contributed by atoms with van der Waals surface area (Å²) in [5, 5.41) is 3.61. The van der Waals surface area contributed by atoms with Crippen molar-refractivity contribution in [1.82, 2.24) is 10.3 Å². The third-order valence-corrected chi connectivity index (χ3v) is 2.18. The lowest BCUT2D eigenvalue weighted by molar-refractivity contribution is 0.309. The zero-order valence-electron chi connectivity index (χ0n) is 6.67. The van der Waals surface area contributed by atoms with Crippen LogP contribution in [0.15, 0.2) is 12.1 Å². The monoisotopic (exact) mass is 184 g/mol. The summed E-state index contributed by atoms with van der Waals surface area (Å²) in [5.74, 6) is 0.654. The van der Waals surface area contributed by atoms with Gasteiger partial charge in [-0.25, -0.2) is 4.98 Å². The zero-order chi connectivity index (χ0) is 8.55. The minimum absolute atomic E-state index is 0.254. The maximum Gasteiger partial charge on any atom is 0.219 e. The molecular weight excluding hydrogens is 176 g/mol. The van der Waals surface area contributed by atoms with Gasteiger partial charge in [-0.15, -0.1) is 0 Å². The van der Waals surface area contributed by atoms with Gasteiger partial charge in [-0.2, -0.15) is 0 Å². The number of nitrogens with one attached hydrogen (secondary N) is 1. The Bertz CT molecular complexity index is 303. The van der Waals surface area contributed by atoms with Crippen LogP contribution in [0.3, 0.4) is 0 Å². The molecule has 1 aromatic rings. The molecule has 12 heavy (non-hydrogen) atoms. The Balaban J connectivity index is 2.40. The highest BCUT2D eigenvalue weighted by Gasteiger charge is 2.23. The number of nitrogens with zero attached hydrogens (tertiary/aromatic N) is 1. The lowest BCUT2D eigenvalue weighted by Crippen LogP contribution is -2.16. The van der Waals surface area contributed by atoms with Gasteiger partial charge in [0.2, 0.25) is 5.88 Å². The first-order valence-corrected chi connectivity index (χ1v) is 4.15. The molecule has 64 valence electrons. The van der Waals surface area contributed by atoms with Crippen LogP contribution in [0.25, 0.3) is 0 Å². The van der Waals surface area contributed by atoms with Crippen LogP contribution in [0.2, 0.25) is 5.15 Å². The molecule has 0 saturated heterocycles. The van der Waals surface area contributed by atoms with Gasteiger partial charge >= 0.3 is 0 Å². The molecule has 0 aliphatic carbocycles. The van der Waals surface area contributed by atoms with Gasteiger partial charge in [0, 0.05) is 5.56 Å². The molecule has 0 saturated carbocycles. The van der Waals surface area contributed by atoms with Gasteiger partial charge in [0.1, 0.15) is 11.8 Å². The molecule has 4 heteroatoms. The van der Waals surface area contributed by atoms with Gasteiger partial charge < -0.3 is 10.1 Å². The number of rotatable bonds is 1. The van der Waals surface area contributed by atoms with E-state index in [-0.39, 0.29) is 6.04 Å². The molecule has 0 aromatic carbocycles. The Labute approximate surface area is 75.7 Å². The molecule has 0 fully saturated rings. The van der Waals surface area contributed by atoms with Crippen molar-refractivity contribution in [3.63, 3.8) is 0 Å². The van der Waals surface area contributed by atoms with Crippen LogP contribution in [0.5, 0.6) is 5.88 Å². The van der Waals surface area contributed by atoms with Gasteiger partial charge in [0.05, 0.1) is 6.04 Å². The molecule has 3 nitrogen and oxygen atoms in total. The minimum Gasteiger partial charge on any atom is -0.475 e. The number of likely N-dealkylation sites (N-methyl/N-ethyl adjacent to an activating group) is 1. The van der Waals surface area contributed by atoms with Gasteiger partial charge in [-0.05, 0) is 19.2 Å². The summed E-state index contributed by atoms with van der Waals surface area (Å²) in [6.45, 7) is 0.638. The maximum atomic E-state index is 5.70. The largest absolute Gasteiger partial charge is 0.475 e. The van der Waals surface area contributed by atoms with Crippen LogP contribution in [0.4, 0.5) is 0 Å². The predicted molar refractivity (Wildman–Crippen MR) is 46.5 cm³/mol. The molecule has 1 N–H and O–H groups in total. The van der Waals surface area contributed by atoms with Crippen molar-refractivity contribution in [1.29, 1.82) is 0 Å². The molecule has 1 unspecified atom stereocenters. The summed E-state index contributed by atoms with van der Waals surface area (Å²) in [6, 6.07) is 3.97. The average Bonchev–Trinajstić information content (AvgIpc) is 2.46. The van der Waals surface area contributed by atoms with Gasteiger partial charge in [0.15, 0.2) is 0 Å². The number of ether oxygens (including phenoxy) is 1. The van der Waals surface area contributed by atoms with Crippen molar-refractivity contribution in [2.45, 2.75) is 6.04 Å². The Morgan fingerprint density at radius 3 is 3.25 bits per heavy atom. The molecule has 0 radical (unpaired) electrons. The molecule has 1 aliphatic heterocycles. The lowest BCUT2D eigenvalue weighted by atomic mass is 10.1. The molecule has 0 spiro atoms. The van der Waals surface area contributed by atoms with E-state index in [9.17, 15) is 0 Å². The van der Waals surface area contributed by atoms with E-state index in [4.69, 9.17) is 16.3 Å². The third kappa shape index (κ3) is 1.15. The predicted octanol–water partition coefficient (Wildman–Crippen LogP) is 1.39. The zero-order valence-corrected chi connectivity index (χ0v) is 7.43. The van der Waals surface area contributed by atoms with Crippen molar-refractivity contribution < 1.29 is 4.74 Å².